The molecule has 21 heavy (non-hydrogen) atoms. The van der Waals surface area contributed by atoms with E-state index in [1.54, 1.807) is 0 Å². The predicted octanol–water partition coefficient (Wildman–Crippen LogP) is 3.83. The van der Waals surface area contributed by atoms with Gasteiger partial charge >= 0.3 is 0 Å². The summed E-state index contributed by atoms with van der Waals surface area (Å²) in [6.45, 7) is 14.1. The van der Waals surface area contributed by atoms with Crippen LogP contribution in [0.2, 0.25) is 0 Å². The molecule has 0 bridgehead atoms. The Morgan fingerprint density at radius 3 is 2.52 bits per heavy atom. The zero-order valence-electron chi connectivity index (χ0n) is 14.9. The van der Waals surface area contributed by atoms with Crippen LogP contribution in [0, 0.1) is 11.3 Å². The average Bonchev–Trinajstić information content (AvgIpc) is 2.57. The molecule has 3 nitrogen and oxygen atoms in total. The number of rotatable bonds is 7. The molecule has 2 atom stereocenters. The largest absolute Gasteiger partial charge is 0.341 e. The van der Waals surface area contributed by atoms with Crippen LogP contribution >= 0.6 is 0 Å². The van der Waals surface area contributed by atoms with Crippen molar-refractivity contribution in [2.24, 2.45) is 11.3 Å². The lowest BCUT2D eigenvalue weighted by molar-refractivity contribution is -0.131. The van der Waals surface area contributed by atoms with Crippen molar-refractivity contribution in [3.05, 3.63) is 0 Å². The van der Waals surface area contributed by atoms with Crippen molar-refractivity contribution < 1.29 is 4.79 Å². The van der Waals surface area contributed by atoms with E-state index in [0.717, 1.165) is 44.8 Å². The number of carbonyl (C=O) groups excluding carboxylic acids is 1. The second kappa shape index (κ2) is 8.77. The number of nitrogens with one attached hydrogen (secondary N) is 1. The Bertz CT molecular complexity index is 309. The quantitative estimate of drug-likeness (QED) is 0.774. The Kier molecular flexibility index (Phi) is 7.72. The van der Waals surface area contributed by atoms with E-state index in [1.807, 2.05) is 0 Å². The number of hydrogen-bond donors (Lipinski definition) is 1. The molecule has 124 valence electrons. The van der Waals surface area contributed by atoms with Crippen molar-refractivity contribution in [2.75, 3.05) is 19.6 Å². The Morgan fingerprint density at radius 2 is 1.95 bits per heavy atom. The predicted molar refractivity (Wildman–Crippen MR) is 90.4 cm³/mol. The number of nitrogens with zero attached hydrogens (tertiary/aromatic N) is 1. The molecular formula is C18H36N2O. The Morgan fingerprint density at radius 1 is 1.24 bits per heavy atom. The highest BCUT2D eigenvalue weighted by atomic mass is 16.2. The lowest BCUT2D eigenvalue weighted by Crippen LogP contribution is -2.50. The third-order valence-electron chi connectivity index (χ3n) is 4.71. The van der Waals surface area contributed by atoms with E-state index >= 15 is 0 Å². The minimum absolute atomic E-state index is 0.185. The number of hydrogen-bond acceptors (Lipinski definition) is 2. The van der Waals surface area contributed by atoms with Crippen LogP contribution in [0.3, 0.4) is 0 Å². The fourth-order valence-electron chi connectivity index (χ4n) is 3.17. The maximum absolute atomic E-state index is 12.4. The number of amides is 1. The molecular weight excluding hydrogens is 260 g/mol. The summed E-state index contributed by atoms with van der Waals surface area (Å²) in [4.78, 5) is 14.5. The Labute approximate surface area is 131 Å². The van der Waals surface area contributed by atoms with E-state index in [1.165, 1.54) is 19.3 Å². The smallest absolute Gasteiger partial charge is 0.222 e. The van der Waals surface area contributed by atoms with Gasteiger partial charge in [-0.15, -0.1) is 0 Å². The Balaban J connectivity index is 2.62. The summed E-state index contributed by atoms with van der Waals surface area (Å²) < 4.78 is 0. The molecule has 1 N–H and O–H groups in total. The topological polar surface area (TPSA) is 32.3 Å². The maximum atomic E-state index is 12.4. The van der Waals surface area contributed by atoms with E-state index in [9.17, 15) is 4.79 Å². The van der Waals surface area contributed by atoms with Crippen LogP contribution in [0.4, 0.5) is 0 Å². The SMILES string of the molecule is CCCNC(CN1CCC(CCC)CCC1=O)C(C)(C)C. The van der Waals surface area contributed by atoms with Crippen molar-refractivity contribution in [1.82, 2.24) is 10.2 Å². The average molecular weight is 296 g/mol. The van der Waals surface area contributed by atoms with Gasteiger partial charge in [-0.05, 0) is 37.1 Å². The molecule has 1 rings (SSSR count). The highest BCUT2D eigenvalue weighted by molar-refractivity contribution is 5.76. The van der Waals surface area contributed by atoms with E-state index in [0.29, 0.717) is 11.9 Å². The fourth-order valence-corrected chi connectivity index (χ4v) is 3.17. The van der Waals surface area contributed by atoms with Crippen molar-refractivity contribution in [3.8, 4) is 0 Å². The number of likely N-dealkylation sites (tertiary alicyclic amines) is 1. The van der Waals surface area contributed by atoms with Gasteiger partial charge in [-0.3, -0.25) is 4.79 Å². The first-order valence-electron chi connectivity index (χ1n) is 8.89. The summed E-state index contributed by atoms with van der Waals surface area (Å²) in [6, 6.07) is 0.379. The van der Waals surface area contributed by atoms with Gasteiger partial charge in [0.05, 0.1) is 0 Å². The summed E-state index contributed by atoms with van der Waals surface area (Å²) in [6.07, 6.45) is 6.67. The van der Waals surface area contributed by atoms with Crippen LogP contribution in [-0.4, -0.2) is 36.5 Å². The Hall–Kier alpha value is -0.570. The molecule has 0 saturated carbocycles. The standard InChI is InChI=1S/C18H36N2O/c1-6-8-15-9-10-17(21)20(13-11-15)14-16(18(3,4)5)19-12-7-2/h15-16,19H,6-14H2,1-5H3. The van der Waals surface area contributed by atoms with Crippen molar-refractivity contribution >= 4 is 5.91 Å². The summed E-state index contributed by atoms with van der Waals surface area (Å²) >= 11 is 0. The van der Waals surface area contributed by atoms with Gasteiger partial charge in [0, 0.05) is 25.6 Å². The highest BCUT2D eigenvalue weighted by Gasteiger charge is 2.29. The third kappa shape index (κ3) is 6.37. The minimum Gasteiger partial charge on any atom is -0.341 e. The molecule has 0 aromatic heterocycles. The second-order valence-electron chi connectivity index (χ2n) is 7.69. The van der Waals surface area contributed by atoms with Gasteiger partial charge in [0.25, 0.3) is 0 Å². The first kappa shape index (κ1) is 18.5. The molecule has 1 heterocycles. The molecule has 0 aliphatic carbocycles. The van der Waals surface area contributed by atoms with Crippen molar-refractivity contribution in [3.63, 3.8) is 0 Å². The van der Waals surface area contributed by atoms with Crippen molar-refractivity contribution in [1.29, 1.82) is 0 Å². The van der Waals surface area contributed by atoms with E-state index in [2.05, 4.69) is 44.8 Å². The van der Waals surface area contributed by atoms with E-state index in [4.69, 9.17) is 0 Å². The van der Waals surface area contributed by atoms with Gasteiger partial charge in [0.1, 0.15) is 0 Å². The molecule has 0 spiro atoms. The maximum Gasteiger partial charge on any atom is 0.222 e. The first-order chi connectivity index (χ1) is 9.88. The lowest BCUT2D eigenvalue weighted by Gasteiger charge is -2.36. The number of carbonyl (C=O) groups is 1. The molecule has 1 amide bonds. The van der Waals surface area contributed by atoms with Crippen LogP contribution < -0.4 is 5.32 Å². The van der Waals surface area contributed by atoms with Gasteiger partial charge in [0.2, 0.25) is 5.91 Å². The third-order valence-corrected chi connectivity index (χ3v) is 4.71. The summed E-state index contributed by atoms with van der Waals surface area (Å²) in [5, 5.41) is 3.64. The molecule has 3 heteroatoms. The molecule has 0 aromatic rings. The molecule has 1 aliphatic rings. The van der Waals surface area contributed by atoms with Gasteiger partial charge in [-0.1, -0.05) is 47.5 Å². The minimum atomic E-state index is 0.185. The summed E-state index contributed by atoms with van der Waals surface area (Å²) in [5.41, 5.74) is 0.185. The lowest BCUT2D eigenvalue weighted by atomic mass is 9.86. The zero-order valence-corrected chi connectivity index (χ0v) is 14.9. The fraction of sp³-hybridized carbons (Fsp3) is 0.944. The monoisotopic (exact) mass is 296 g/mol. The summed E-state index contributed by atoms with van der Waals surface area (Å²) in [5.74, 6) is 1.11. The van der Waals surface area contributed by atoms with E-state index in [-0.39, 0.29) is 5.41 Å². The second-order valence-corrected chi connectivity index (χ2v) is 7.69. The van der Waals surface area contributed by atoms with Crippen LogP contribution in [0.5, 0.6) is 0 Å². The molecule has 2 unspecified atom stereocenters. The van der Waals surface area contributed by atoms with Crippen LogP contribution in [0.15, 0.2) is 0 Å². The van der Waals surface area contributed by atoms with Crippen molar-refractivity contribution in [2.45, 2.75) is 79.2 Å². The molecule has 0 aromatic carbocycles. The normalized spacial score (nSPS) is 22.2. The molecule has 1 aliphatic heterocycles. The molecule has 1 saturated heterocycles. The molecule has 1 fully saturated rings. The molecule has 0 radical (unpaired) electrons. The summed E-state index contributed by atoms with van der Waals surface area (Å²) in [7, 11) is 0. The van der Waals surface area contributed by atoms with E-state index < -0.39 is 0 Å². The highest BCUT2D eigenvalue weighted by Crippen LogP contribution is 2.25. The van der Waals surface area contributed by atoms with Crippen LogP contribution in [0.25, 0.3) is 0 Å². The van der Waals surface area contributed by atoms with Gasteiger partial charge in [-0.2, -0.15) is 0 Å². The van der Waals surface area contributed by atoms with Crippen LogP contribution in [-0.2, 0) is 4.79 Å². The zero-order chi connectivity index (χ0) is 15.9. The van der Waals surface area contributed by atoms with Gasteiger partial charge in [0.15, 0.2) is 0 Å². The van der Waals surface area contributed by atoms with Gasteiger partial charge in [-0.25, -0.2) is 0 Å². The van der Waals surface area contributed by atoms with Crippen LogP contribution in [0.1, 0.15) is 73.1 Å². The first-order valence-corrected chi connectivity index (χ1v) is 8.89. The van der Waals surface area contributed by atoms with Gasteiger partial charge < -0.3 is 10.2 Å².